The molecule has 2 fully saturated rings. The summed E-state index contributed by atoms with van der Waals surface area (Å²) >= 11 is 0. The Bertz CT molecular complexity index is 245. The van der Waals surface area contributed by atoms with Crippen LogP contribution >= 0.6 is 0 Å². The van der Waals surface area contributed by atoms with Crippen LogP contribution in [0.4, 0.5) is 0 Å². The number of β-amino-alcohol motifs (C(OH)–C–C–N with tert-alkyl or cyclic N) is 1. The Balaban J connectivity index is 1.82. The first kappa shape index (κ1) is 14.3. The van der Waals surface area contributed by atoms with Crippen LogP contribution in [0.5, 0.6) is 0 Å². The molecule has 1 aliphatic heterocycles. The zero-order chi connectivity index (χ0) is 13.0. The first-order chi connectivity index (χ1) is 8.59. The van der Waals surface area contributed by atoms with Gasteiger partial charge in [-0.3, -0.25) is 0 Å². The van der Waals surface area contributed by atoms with E-state index in [1.807, 2.05) is 0 Å². The molecule has 2 rings (SSSR count). The predicted molar refractivity (Wildman–Crippen MR) is 76.7 cm³/mol. The summed E-state index contributed by atoms with van der Waals surface area (Å²) < 4.78 is 0. The lowest BCUT2D eigenvalue weighted by molar-refractivity contribution is -0.0257. The van der Waals surface area contributed by atoms with Gasteiger partial charge in [0.25, 0.3) is 0 Å². The monoisotopic (exact) mass is 253 g/mol. The van der Waals surface area contributed by atoms with Gasteiger partial charge in [-0.1, -0.05) is 33.1 Å². The molecule has 0 aromatic heterocycles. The van der Waals surface area contributed by atoms with Crippen LogP contribution in [0.3, 0.4) is 0 Å². The molecule has 18 heavy (non-hydrogen) atoms. The molecule has 0 spiro atoms. The molecule has 0 radical (unpaired) electrons. The maximum Gasteiger partial charge on any atom is 0.0774 e. The van der Waals surface area contributed by atoms with Gasteiger partial charge in [-0.05, 0) is 57.0 Å². The lowest BCUT2D eigenvalue weighted by Gasteiger charge is -2.36. The number of nitrogens with zero attached hydrogens (tertiary/aromatic N) is 1. The van der Waals surface area contributed by atoms with Crippen molar-refractivity contribution in [1.82, 2.24) is 4.90 Å². The summed E-state index contributed by atoms with van der Waals surface area (Å²) in [5.74, 6) is 1.72. The van der Waals surface area contributed by atoms with Crippen LogP contribution in [0.25, 0.3) is 0 Å². The molecule has 1 unspecified atom stereocenters. The van der Waals surface area contributed by atoms with Gasteiger partial charge in [0, 0.05) is 6.54 Å². The Morgan fingerprint density at radius 2 is 1.78 bits per heavy atom. The molecule has 2 aliphatic rings. The Hall–Kier alpha value is -0.0800. The van der Waals surface area contributed by atoms with Crippen LogP contribution in [0, 0.1) is 11.8 Å². The molecule has 1 N–H and O–H groups in total. The summed E-state index contributed by atoms with van der Waals surface area (Å²) in [6, 6.07) is 0. The van der Waals surface area contributed by atoms with Gasteiger partial charge in [0.15, 0.2) is 0 Å². The molecule has 1 saturated carbocycles. The van der Waals surface area contributed by atoms with E-state index in [-0.39, 0.29) is 5.60 Å². The second-order valence-electron chi connectivity index (χ2n) is 7.00. The lowest BCUT2D eigenvalue weighted by Crippen LogP contribution is -2.44. The molecule has 1 saturated heterocycles. The fraction of sp³-hybridized carbons (Fsp3) is 1.00. The van der Waals surface area contributed by atoms with Crippen molar-refractivity contribution < 1.29 is 5.11 Å². The Kier molecular flexibility index (Phi) is 5.08. The minimum Gasteiger partial charge on any atom is -0.389 e. The average Bonchev–Trinajstić information content (AvgIpc) is 2.55. The molecule has 0 aromatic carbocycles. The number of aliphatic hydroxyl groups is 1. The summed E-state index contributed by atoms with van der Waals surface area (Å²) in [4.78, 5) is 2.54. The van der Waals surface area contributed by atoms with Crippen molar-refractivity contribution in [3.8, 4) is 0 Å². The molecule has 2 nitrogen and oxygen atoms in total. The first-order valence-corrected chi connectivity index (χ1v) is 8.04. The van der Waals surface area contributed by atoms with Gasteiger partial charge in [0.1, 0.15) is 0 Å². The zero-order valence-electron chi connectivity index (χ0n) is 12.3. The van der Waals surface area contributed by atoms with E-state index in [2.05, 4.69) is 18.7 Å². The van der Waals surface area contributed by atoms with Crippen molar-refractivity contribution in [3.63, 3.8) is 0 Å². The third-order valence-electron chi connectivity index (χ3n) is 5.11. The van der Waals surface area contributed by atoms with E-state index in [9.17, 15) is 5.11 Å². The number of likely N-dealkylation sites (tertiary alicyclic amines) is 1. The zero-order valence-corrected chi connectivity index (χ0v) is 12.3. The van der Waals surface area contributed by atoms with E-state index in [0.717, 1.165) is 31.2 Å². The van der Waals surface area contributed by atoms with Crippen LogP contribution in [-0.2, 0) is 0 Å². The first-order valence-electron chi connectivity index (χ1n) is 8.04. The Labute approximate surface area is 113 Å². The summed E-state index contributed by atoms with van der Waals surface area (Å²) in [6.45, 7) is 8.04. The molecule has 2 heteroatoms. The van der Waals surface area contributed by atoms with Crippen LogP contribution < -0.4 is 0 Å². The van der Waals surface area contributed by atoms with Gasteiger partial charge < -0.3 is 10.0 Å². The molecule has 1 atom stereocenters. The summed E-state index contributed by atoms with van der Waals surface area (Å²) in [6.07, 6.45) is 9.84. The predicted octanol–water partition coefficient (Wildman–Crippen LogP) is 3.44. The number of rotatable bonds is 3. The molecule has 0 bridgehead atoms. The average molecular weight is 253 g/mol. The smallest absolute Gasteiger partial charge is 0.0774 e. The van der Waals surface area contributed by atoms with Gasteiger partial charge in [0.05, 0.1) is 5.60 Å². The maximum absolute atomic E-state index is 10.6. The van der Waals surface area contributed by atoms with Crippen LogP contribution in [0.15, 0.2) is 0 Å². The van der Waals surface area contributed by atoms with E-state index < -0.39 is 0 Å². The van der Waals surface area contributed by atoms with Crippen molar-refractivity contribution in [2.45, 2.75) is 70.8 Å². The maximum atomic E-state index is 10.6. The van der Waals surface area contributed by atoms with Gasteiger partial charge in [-0.15, -0.1) is 0 Å². The van der Waals surface area contributed by atoms with Crippen molar-refractivity contribution in [1.29, 1.82) is 0 Å². The summed E-state index contributed by atoms with van der Waals surface area (Å²) in [7, 11) is 0. The fourth-order valence-electron chi connectivity index (χ4n) is 3.79. The fourth-order valence-corrected chi connectivity index (χ4v) is 3.79. The van der Waals surface area contributed by atoms with Crippen LogP contribution in [-0.4, -0.2) is 35.2 Å². The quantitative estimate of drug-likeness (QED) is 0.833. The van der Waals surface area contributed by atoms with Crippen molar-refractivity contribution in [3.05, 3.63) is 0 Å². The van der Waals surface area contributed by atoms with E-state index in [1.54, 1.807) is 0 Å². The SMILES string of the molecule is CC(C)C1CCCN(CC2(O)CCCCC2)CC1. The standard InChI is InChI=1S/C16H31NO/c1-14(2)15-7-6-11-17(12-8-15)13-16(18)9-4-3-5-10-16/h14-15,18H,3-13H2,1-2H3. The summed E-state index contributed by atoms with van der Waals surface area (Å²) in [5.41, 5.74) is -0.365. The van der Waals surface area contributed by atoms with Crippen molar-refractivity contribution in [2.24, 2.45) is 11.8 Å². The van der Waals surface area contributed by atoms with Gasteiger partial charge in [-0.2, -0.15) is 0 Å². The molecular formula is C16H31NO. The third kappa shape index (κ3) is 3.96. The minimum atomic E-state index is -0.365. The topological polar surface area (TPSA) is 23.5 Å². The highest BCUT2D eigenvalue weighted by molar-refractivity contribution is 4.86. The minimum absolute atomic E-state index is 0.365. The van der Waals surface area contributed by atoms with E-state index in [1.165, 1.54) is 51.6 Å². The van der Waals surface area contributed by atoms with E-state index >= 15 is 0 Å². The number of hydrogen-bond donors (Lipinski definition) is 1. The molecular weight excluding hydrogens is 222 g/mol. The molecule has 106 valence electrons. The van der Waals surface area contributed by atoms with E-state index in [0.29, 0.717) is 0 Å². The molecule has 1 heterocycles. The molecule has 0 aromatic rings. The normalized spacial score (nSPS) is 30.3. The molecule has 0 amide bonds. The second kappa shape index (κ2) is 6.38. The Morgan fingerprint density at radius 1 is 1.06 bits per heavy atom. The second-order valence-corrected chi connectivity index (χ2v) is 7.00. The van der Waals surface area contributed by atoms with Crippen molar-refractivity contribution >= 4 is 0 Å². The largest absolute Gasteiger partial charge is 0.389 e. The third-order valence-corrected chi connectivity index (χ3v) is 5.11. The lowest BCUT2D eigenvalue weighted by atomic mass is 9.84. The highest BCUT2D eigenvalue weighted by atomic mass is 16.3. The molecule has 1 aliphatic carbocycles. The Morgan fingerprint density at radius 3 is 2.44 bits per heavy atom. The number of hydrogen-bond acceptors (Lipinski definition) is 2. The van der Waals surface area contributed by atoms with Gasteiger partial charge in [0.2, 0.25) is 0 Å². The highest BCUT2D eigenvalue weighted by Crippen LogP contribution is 2.30. The van der Waals surface area contributed by atoms with Crippen molar-refractivity contribution in [2.75, 3.05) is 19.6 Å². The van der Waals surface area contributed by atoms with Gasteiger partial charge >= 0.3 is 0 Å². The van der Waals surface area contributed by atoms with Gasteiger partial charge in [-0.25, -0.2) is 0 Å². The van der Waals surface area contributed by atoms with E-state index in [4.69, 9.17) is 0 Å². The summed E-state index contributed by atoms with van der Waals surface area (Å²) in [5, 5.41) is 10.6. The van der Waals surface area contributed by atoms with Crippen LogP contribution in [0.1, 0.15) is 65.2 Å². The highest BCUT2D eigenvalue weighted by Gasteiger charge is 2.32. The van der Waals surface area contributed by atoms with Crippen LogP contribution in [0.2, 0.25) is 0 Å².